The summed E-state index contributed by atoms with van der Waals surface area (Å²) in [5.41, 5.74) is 0. The molecule has 3 nitrogen and oxygen atoms in total. The molecule has 0 heterocycles. The Labute approximate surface area is 87.9 Å². The van der Waals surface area contributed by atoms with Crippen LogP contribution in [0, 0.1) is 5.82 Å². The normalized spacial score (nSPS) is 11.7. The van der Waals surface area contributed by atoms with Crippen molar-refractivity contribution in [3.8, 4) is 0 Å². The fraction of sp³-hybridized carbons (Fsp3) is 0. The van der Waals surface area contributed by atoms with Gasteiger partial charge in [-0.1, -0.05) is 11.6 Å². The molecule has 0 atom stereocenters. The molecular formula is C6H4BrClFNO2S. The SMILES string of the molecule is NS(=O)(=O)c1cc(F)c(Cl)cc1Br. The van der Waals surface area contributed by atoms with Crippen molar-refractivity contribution in [2.45, 2.75) is 4.90 Å². The van der Waals surface area contributed by atoms with E-state index in [1.807, 2.05) is 0 Å². The summed E-state index contributed by atoms with van der Waals surface area (Å²) in [6, 6.07) is 1.90. The average Bonchev–Trinajstić information content (AvgIpc) is 1.94. The molecule has 7 heteroatoms. The number of benzene rings is 1. The monoisotopic (exact) mass is 287 g/mol. The van der Waals surface area contributed by atoms with E-state index in [9.17, 15) is 12.8 Å². The van der Waals surface area contributed by atoms with Crippen LogP contribution in [0.4, 0.5) is 4.39 Å². The Kier molecular flexibility index (Phi) is 2.96. The highest BCUT2D eigenvalue weighted by Gasteiger charge is 2.15. The van der Waals surface area contributed by atoms with Gasteiger partial charge < -0.3 is 0 Å². The molecule has 0 aliphatic rings. The summed E-state index contributed by atoms with van der Waals surface area (Å²) in [5.74, 6) is -0.825. The van der Waals surface area contributed by atoms with Gasteiger partial charge in [-0.15, -0.1) is 0 Å². The fourth-order valence-electron chi connectivity index (χ4n) is 0.722. The Balaban J connectivity index is 3.50. The average molecular weight is 289 g/mol. The zero-order valence-electron chi connectivity index (χ0n) is 6.09. The third-order valence-corrected chi connectivity index (χ3v) is 3.44. The van der Waals surface area contributed by atoms with Crippen molar-refractivity contribution in [3.63, 3.8) is 0 Å². The van der Waals surface area contributed by atoms with Crippen LogP contribution in [0.5, 0.6) is 0 Å². The Bertz CT molecular complexity index is 448. The minimum atomic E-state index is -3.92. The van der Waals surface area contributed by atoms with Crippen molar-refractivity contribution in [3.05, 3.63) is 27.4 Å². The second-order valence-corrected chi connectivity index (χ2v) is 5.03. The largest absolute Gasteiger partial charge is 0.239 e. The van der Waals surface area contributed by atoms with E-state index in [0.717, 1.165) is 12.1 Å². The van der Waals surface area contributed by atoms with Crippen LogP contribution < -0.4 is 5.14 Å². The third kappa shape index (κ3) is 2.40. The lowest BCUT2D eigenvalue weighted by Gasteiger charge is -2.02. The van der Waals surface area contributed by atoms with Crippen LogP contribution >= 0.6 is 27.5 Å². The maximum Gasteiger partial charge on any atom is 0.239 e. The van der Waals surface area contributed by atoms with Crippen LogP contribution in [0.2, 0.25) is 5.02 Å². The number of sulfonamides is 1. The molecule has 0 bridgehead atoms. The highest BCUT2D eigenvalue weighted by molar-refractivity contribution is 9.10. The van der Waals surface area contributed by atoms with Crippen LogP contribution in [0.15, 0.2) is 21.5 Å². The Morgan fingerprint density at radius 2 is 2.00 bits per heavy atom. The summed E-state index contributed by atoms with van der Waals surface area (Å²) in [6.45, 7) is 0. The van der Waals surface area contributed by atoms with Crippen molar-refractivity contribution < 1.29 is 12.8 Å². The van der Waals surface area contributed by atoms with Crippen molar-refractivity contribution >= 4 is 37.6 Å². The smallest absolute Gasteiger partial charge is 0.225 e. The molecule has 0 saturated carbocycles. The van der Waals surface area contributed by atoms with E-state index >= 15 is 0 Å². The van der Waals surface area contributed by atoms with Gasteiger partial charge in [-0.25, -0.2) is 17.9 Å². The van der Waals surface area contributed by atoms with Gasteiger partial charge >= 0.3 is 0 Å². The van der Waals surface area contributed by atoms with Crippen LogP contribution in [0.1, 0.15) is 0 Å². The minimum Gasteiger partial charge on any atom is -0.225 e. The molecular weight excluding hydrogens is 284 g/mol. The van der Waals surface area contributed by atoms with Gasteiger partial charge in [0, 0.05) is 4.47 Å². The van der Waals surface area contributed by atoms with Crippen molar-refractivity contribution in [2.75, 3.05) is 0 Å². The molecule has 0 aliphatic heterocycles. The molecule has 0 aromatic heterocycles. The number of nitrogens with two attached hydrogens (primary N) is 1. The zero-order valence-corrected chi connectivity index (χ0v) is 9.25. The quantitative estimate of drug-likeness (QED) is 0.802. The predicted molar refractivity (Wildman–Crippen MR) is 50.5 cm³/mol. The van der Waals surface area contributed by atoms with E-state index < -0.39 is 15.8 Å². The lowest BCUT2D eigenvalue weighted by atomic mass is 10.3. The van der Waals surface area contributed by atoms with Gasteiger partial charge in [0.1, 0.15) is 5.82 Å². The molecule has 1 rings (SSSR count). The maximum atomic E-state index is 12.8. The van der Waals surface area contributed by atoms with Crippen molar-refractivity contribution in [1.82, 2.24) is 0 Å². The number of hydrogen-bond donors (Lipinski definition) is 1. The molecule has 0 spiro atoms. The summed E-state index contributed by atoms with van der Waals surface area (Å²) < 4.78 is 34.7. The van der Waals surface area contributed by atoms with Crippen LogP contribution in [-0.4, -0.2) is 8.42 Å². The molecule has 13 heavy (non-hydrogen) atoms. The first-order valence-electron chi connectivity index (χ1n) is 2.99. The first-order valence-corrected chi connectivity index (χ1v) is 5.71. The topological polar surface area (TPSA) is 60.2 Å². The van der Waals surface area contributed by atoms with Gasteiger partial charge in [-0.3, -0.25) is 0 Å². The van der Waals surface area contributed by atoms with Crippen molar-refractivity contribution in [1.29, 1.82) is 0 Å². The second kappa shape index (κ2) is 3.53. The highest BCUT2D eigenvalue weighted by atomic mass is 79.9. The lowest BCUT2D eigenvalue weighted by Crippen LogP contribution is -2.13. The van der Waals surface area contributed by atoms with Crippen LogP contribution in [0.25, 0.3) is 0 Å². The van der Waals surface area contributed by atoms with Crippen LogP contribution in [0.3, 0.4) is 0 Å². The minimum absolute atomic E-state index is 0.140. The van der Waals surface area contributed by atoms with E-state index in [2.05, 4.69) is 15.9 Å². The number of halogens is 3. The number of rotatable bonds is 1. The van der Waals surface area contributed by atoms with Gasteiger partial charge in [0.25, 0.3) is 0 Å². The molecule has 2 N–H and O–H groups in total. The Morgan fingerprint density at radius 1 is 1.46 bits per heavy atom. The number of primary sulfonamides is 1. The Morgan fingerprint density at radius 3 is 2.46 bits per heavy atom. The highest BCUT2D eigenvalue weighted by Crippen LogP contribution is 2.26. The third-order valence-electron chi connectivity index (χ3n) is 1.28. The summed E-state index contributed by atoms with van der Waals surface area (Å²) in [4.78, 5) is -0.325. The maximum absolute atomic E-state index is 12.8. The molecule has 0 aliphatic carbocycles. The standard InChI is InChI=1S/C6H4BrClFNO2S/c7-3-1-4(8)5(9)2-6(3)13(10,11)12/h1-2H,(H2,10,11,12). The molecule has 0 radical (unpaired) electrons. The summed E-state index contributed by atoms with van der Waals surface area (Å²) in [6.07, 6.45) is 0. The second-order valence-electron chi connectivity index (χ2n) is 2.24. The first kappa shape index (κ1) is 10.9. The van der Waals surface area contributed by atoms with Gasteiger partial charge in [-0.2, -0.15) is 0 Å². The van der Waals surface area contributed by atoms with E-state index in [0.29, 0.717) is 0 Å². The van der Waals surface area contributed by atoms with Gasteiger partial charge in [0.2, 0.25) is 10.0 Å². The first-order chi connectivity index (χ1) is 5.82. The van der Waals surface area contributed by atoms with Gasteiger partial charge in [0.05, 0.1) is 9.92 Å². The summed E-state index contributed by atoms with van der Waals surface area (Å²) >= 11 is 8.30. The molecule has 0 fully saturated rings. The molecule has 0 saturated heterocycles. The molecule has 1 aromatic carbocycles. The van der Waals surface area contributed by atoms with E-state index in [1.165, 1.54) is 0 Å². The molecule has 0 amide bonds. The van der Waals surface area contributed by atoms with E-state index in [-0.39, 0.29) is 14.4 Å². The van der Waals surface area contributed by atoms with E-state index in [4.69, 9.17) is 16.7 Å². The van der Waals surface area contributed by atoms with Gasteiger partial charge in [-0.05, 0) is 28.1 Å². The van der Waals surface area contributed by atoms with Crippen LogP contribution in [-0.2, 0) is 10.0 Å². The summed E-state index contributed by atoms with van der Waals surface area (Å²) in [7, 11) is -3.92. The molecule has 72 valence electrons. The fourth-order valence-corrected chi connectivity index (χ4v) is 2.64. The summed E-state index contributed by atoms with van der Waals surface area (Å²) in [5, 5.41) is 4.64. The molecule has 1 aromatic rings. The van der Waals surface area contributed by atoms with Crippen molar-refractivity contribution in [2.24, 2.45) is 5.14 Å². The lowest BCUT2D eigenvalue weighted by molar-refractivity contribution is 0.591. The molecule has 0 unspecified atom stereocenters. The zero-order chi connectivity index (χ0) is 10.2. The van der Waals surface area contributed by atoms with E-state index in [1.54, 1.807) is 0 Å². The predicted octanol–water partition coefficient (Wildman–Crippen LogP) is 1.89. The van der Waals surface area contributed by atoms with Gasteiger partial charge in [0.15, 0.2) is 0 Å². The Hall–Kier alpha value is -0.170. The number of hydrogen-bond acceptors (Lipinski definition) is 2.